The van der Waals surface area contributed by atoms with E-state index in [2.05, 4.69) is 61.7 Å². The molecule has 34 heavy (non-hydrogen) atoms. The molecule has 0 aromatic heterocycles. The van der Waals surface area contributed by atoms with Gasteiger partial charge >= 0.3 is 0 Å². The van der Waals surface area contributed by atoms with Crippen LogP contribution in [0.1, 0.15) is 29.2 Å². The lowest BCUT2D eigenvalue weighted by atomic mass is 9.94. The van der Waals surface area contributed by atoms with Gasteiger partial charge in [0, 0.05) is 35.6 Å². The number of rotatable bonds is 10. The third-order valence-electron chi connectivity index (χ3n) is 6.02. The van der Waals surface area contributed by atoms with Crippen molar-refractivity contribution in [3.63, 3.8) is 0 Å². The molecule has 4 heteroatoms. The number of hydrogen-bond donors (Lipinski definition) is 4. The lowest BCUT2D eigenvalue weighted by Gasteiger charge is -2.19. The van der Waals surface area contributed by atoms with E-state index in [9.17, 15) is 5.11 Å². The highest BCUT2D eigenvalue weighted by molar-refractivity contribution is 5.86. The van der Waals surface area contributed by atoms with Gasteiger partial charge in [0.15, 0.2) is 0 Å². The monoisotopic (exact) mass is 456 g/mol. The maximum Gasteiger partial charge on any atom is 0.123 e. The van der Waals surface area contributed by atoms with Crippen molar-refractivity contribution in [2.24, 2.45) is 0 Å². The molecule has 3 aromatic rings. The molecule has 3 aromatic carbocycles. The molecular formula is C30H36N2O2. The average molecular weight is 457 g/mol. The van der Waals surface area contributed by atoms with Crippen LogP contribution in [0.2, 0.25) is 0 Å². The first-order chi connectivity index (χ1) is 16.4. The Morgan fingerprint density at radius 1 is 0.794 bits per heavy atom. The van der Waals surface area contributed by atoms with Gasteiger partial charge in [-0.15, -0.1) is 0 Å². The largest absolute Gasteiger partial charge is 0.507 e. The molecule has 0 bridgehead atoms. The fraction of sp³-hybridized carbons (Fsp3) is 0.267. The molecule has 0 saturated carbocycles. The number of allylic oxidation sites excluding steroid dienone is 3. The quantitative estimate of drug-likeness (QED) is 0.206. The first kappa shape index (κ1) is 25.1. The lowest BCUT2D eigenvalue weighted by Crippen LogP contribution is -2.15. The fourth-order valence-corrected chi connectivity index (χ4v) is 4.25. The summed E-state index contributed by atoms with van der Waals surface area (Å²) in [4.78, 5) is 0. The van der Waals surface area contributed by atoms with Crippen molar-refractivity contribution in [2.75, 3.05) is 30.3 Å². The van der Waals surface area contributed by atoms with Crippen LogP contribution in [0.5, 0.6) is 5.75 Å². The Hall–Kier alpha value is -3.50. The summed E-state index contributed by atoms with van der Waals surface area (Å²) >= 11 is 0. The van der Waals surface area contributed by atoms with Crippen LogP contribution >= 0.6 is 0 Å². The molecule has 3 rings (SSSR count). The molecule has 0 fully saturated rings. The third-order valence-corrected chi connectivity index (χ3v) is 6.02. The summed E-state index contributed by atoms with van der Waals surface area (Å²) in [6.07, 6.45) is 6.54. The van der Waals surface area contributed by atoms with Crippen LogP contribution in [-0.4, -0.2) is 29.9 Å². The number of aromatic hydroxyl groups is 1. The molecule has 0 aliphatic rings. The molecule has 0 radical (unpaired) electrons. The standard InChI is InChI=1S/C30H36N2O2/c1-21(10-5-6-19-33)20-25-22(2)11-7-14-26(25)31-17-18-32-27-15-8-12-23(3)29(27)30-24(4)13-9-16-28(30)34/h5-16,31-34H,17-20H2,1-4H3/b6-5-,21-10-. The minimum atomic E-state index is 0.0556. The summed E-state index contributed by atoms with van der Waals surface area (Å²) < 4.78 is 0. The van der Waals surface area contributed by atoms with Gasteiger partial charge in [-0.2, -0.15) is 0 Å². The summed E-state index contributed by atoms with van der Waals surface area (Å²) in [7, 11) is 0. The Kier molecular flexibility index (Phi) is 8.94. The van der Waals surface area contributed by atoms with Gasteiger partial charge in [-0.05, 0) is 74.6 Å². The maximum absolute atomic E-state index is 10.5. The lowest BCUT2D eigenvalue weighted by molar-refractivity contribution is 0.343. The number of anilines is 2. The van der Waals surface area contributed by atoms with Crippen LogP contribution in [0, 0.1) is 20.8 Å². The van der Waals surface area contributed by atoms with Gasteiger partial charge in [-0.3, -0.25) is 0 Å². The van der Waals surface area contributed by atoms with Crippen LogP contribution in [0.15, 0.2) is 78.4 Å². The third kappa shape index (κ3) is 6.30. The van der Waals surface area contributed by atoms with Gasteiger partial charge in [0.1, 0.15) is 5.75 Å². The van der Waals surface area contributed by atoms with Gasteiger partial charge in [0.25, 0.3) is 0 Å². The Morgan fingerprint density at radius 3 is 2.06 bits per heavy atom. The van der Waals surface area contributed by atoms with E-state index in [1.807, 2.05) is 37.3 Å². The minimum absolute atomic E-state index is 0.0556. The number of aliphatic hydroxyl groups is 1. The molecule has 0 heterocycles. The number of phenols is 1. The molecule has 0 atom stereocenters. The van der Waals surface area contributed by atoms with Gasteiger partial charge in [-0.25, -0.2) is 0 Å². The predicted octanol–water partition coefficient (Wildman–Crippen LogP) is 6.55. The number of hydrogen-bond acceptors (Lipinski definition) is 4. The summed E-state index contributed by atoms with van der Waals surface area (Å²) in [6, 6.07) is 18.2. The molecule has 0 spiro atoms. The van der Waals surface area contributed by atoms with Crippen LogP contribution < -0.4 is 10.6 Å². The van der Waals surface area contributed by atoms with Crippen molar-refractivity contribution >= 4 is 11.4 Å². The summed E-state index contributed by atoms with van der Waals surface area (Å²) in [6.45, 7) is 9.92. The molecule has 0 saturated heterocycles. The van der Waals surface area contributed by atoms with Crippen LogP contribution in [0.25, 0.3) is 11.1 Å². The predicted molar refractivity (Wildman–Crippen MR) is 145 cm³/mol. The Balaban J connectivity index is 1.72. The number of aliphatic hydroxyl groups excluding tert-OH is 1. The Labute approximate surface area is 203 Å². The van der Waals surface area contributed by atoms with E-state index in [0.717, 1.165) is 53.1 Å². The van der Waals surface area contributed by atoms with Crippen LogP contribution in [0.3, 0.4) is 0 Å². The van der Waals surface area contributed by atoms with E-state index in [-0.39, 0.29) is 6.61 Å². The molecule has 0 unspecified atom stereocenters. The van der Waals surface area contributed by atoms with E-state index in [4.69, 9.17) is 5.11 Å². The van der Waals surface area contributed by atoms with E-state index in [0.29, 0.717) is 5.75 Å². The first-order valence-corrected chi connectivity index (χ1v) is 11.8. The topological polar surface area (TPSA) is 64.5 Å². The van der Waals surface area contributed by atoms with Crippen LogP contribution in [0.4, 0.5) is 11.4 Å². The normalized spacial score (nSPS) is 11.7. The summed E-state index contributed by atoms with van der Waals surface area (Å²) in [5.41, 5.74) is 10.1. The molecule has 0 aliphatic carbocycles. The van der Waals surface area contributed by atoms with Crippen molar-refractivity contribution in [2.45, 2.75) is 34.1 Å². The second-order valence-electron chi connectivity index (χ2n) is 8.72. The minimum Gasteiger partial charge on any atom is -0.507 e. The van der Waals surface area contributed by atoms with Crippen molar-refractivity contribution in [3.05, 3.63) is 101 Å². The van der Waals surface area contributed by atoms with Crippen molar-refractivity contribution in [1.82, 2.24) is 0 Å². The number of phenolic OH excluding ortho intramolecular Hbond substituents is 1. The van der Waals surface area contributed by atoms with Crippen molar-refractivity contribution in [1.29, 1.82) is 0 Å². The van der Waals surface area contributed by atoms with E-state index in [1.54, 1.807) is 12.1 Å². The van der Waals surface area contributed by atoms with Crippen molar-refractivity contribution < 1.29 is 10.2 Å². The first-order valence-electron chi connectivity index (χ1n) is 11.8. The summed E-state index contributed by atoms with van der Waals surface area (Å²) in [5.74, 6) is 0.303. The van der Waals surface area contributed by atoms with E-state index in [1.165, 1.54) is 16.7 Å². The average Bonchev–Trinajstić information content (AvgIpc) is 2.80. The second kappa shape index (κ2) is 12.1. The Morgan fingerprint density at radius 2 is 1.38 bits per heavy atom. The smallest absolute Gasteiger partial charge is 0.123 e. The highest BCUT2D eigenvalue weighted by Gasteiger charge is 2.14. The van der Waals surface area contributed by atoms with Gasteiger partial charge in [0.2, 0.25) is 0 Å². The number of nitrogens with one attached hydrogen (secondary N) is 2. The van der Waals surface area contributed by atoms with Gasteiger partial charge in [-0.1, -0.05) is 60.2 Å². The zero-order valence-electron chi connectivity index (χ0n) is 20.7. The highest BCUT2D eigenvalue weighted by Crippen LogP contribution is 2.39. The highest BCUT2D eigenvalue weighted by atomic mass is 16.3. The van der Waals surface area contributed by atoms with Crippen LogP contribution in [-0.2, 0) is 6.42 Å². The van der Waals surface area contributed by atoms with Gasteiger partial charge < -0.3 is 20.8 Å². The molecular weight excluding hydrogens is 420 g/mol. The zero-order valence-corrected chi connectivity index (χ0v) is 20.7. The van der Waals surface area contributed by atoms with Crippen molar-refractivity contribution in [3.8, 4) is 16.9 Å². The van der Waals surface area contributed by atoms with Gasteiger partial charge in [0.05, 0.1) is 6.61 Å². The molecule has 0 amide bonds. The fourth-order valence-electron chi connectivity index (χ4n) is 4.25. The number of benzene rings is 3. The molecule has 4 N–H and O–H groups in total. The maximum atomic E-state index is 10.5. The zero-order chi connectivity index (χ0) is 24.5. The molecule has 4 nitrogen and oxygen atoms in total. The SMILES string of the molecule is C/C(=C/C=C\CO)Cc1c(C)cccc1NCCNc1cccc(C)c1-c1c(C)cccc1O. The van der Waals surface area contributed by atoms with E-state index < -0.39 is 0 Å². The molecule has 178 valence electrons. The number of aryl methyl sites for hydroxylation is 3. The second-order valence-corrected chi connectivity index (χ2v) is 8.72. The molecule has 0 aliphatic heterocycles. The Bertz CT molecular complexity index is 1160. The van der Waals surface area contributed by atoms with E-state index >= 15 is 0 Å². The summed E-state index contributed by atoms with van der Waals surface area (Å²) in [5, 5.41) is 26.7.